The number of rotatable bonds is 5. The highest BCUT2D eigenvalue weighted by Gasteiger charge is 2.15. The number of aryl methyl sites for hydroxylation is 2. The molecule has 5 rings (SSSR count). The van der Waals surface area contributed by atoms with Crippen molar-refractivity contribution < 1.29 is 19.0 Å². The van der Waals surface area contributed by atoms with Crippen molar-refractivity contribution in [3.05, 3.63) is 65.7 Å². The third-order valence-corrected chi connectivity index (χ3v) is 5.27. The number of carbonyl (C=O) groups excluding carboxylic acids is 1. The van der Waals surface area contributed by atoms with Crippen LogP contribution in [-0.2, 0) is 4.79 Å². The summed E-state index contributed by atoms with van der Waals surface area (Å²) in [5, 5.41) is 2.89. The molecule has 1 aliphatic rings. The maximum Gasteiger partial charge on any atom is 0.262 e. The highest BCUT2D eigenvalue weighted by molar-refractivity contribution is 5.92. The van der Waals surface area contributed by atoms with E-state index in [0.717, 1.165) is 27.7 Å². The zero-order chi connectivity index (χ0) is 22.1. The average molecular weight is 429 g/mol. The molecule has 0 bridgehead atoms. The van der Waals surface area contributed by atoms with E-state index >= 15 is 0 Å². The second kappa shape index (κ2) is 8.26. The van der Waals surface area contributed by atoms with Crippen LogP contribution in [0.3, 0.4) is 0 Å². The van der Waals surface area contributed by atoms with Gasteiger partial charge in [0.05, 0.1) is 11.0 Å². The quantitative estimate of drug-likeness (QED) is 0.483. The van der Waals surface area contributed by atoms with Crippen LogP contribution in [0.25, 0.3) is 22.4 Å². The number of nitrogens with one attached hydrogen (secondary N) is 2. The summed E-state index contributed by atoms with van der Waals surface area (Å²) in [4.78, 5) is 20.4. The van der Waals surface area contributed by atoms with Crippen LogP contribution in [-0.4, -0.2) is 35.7 Å². The minimum Gasteiger partial charge on any atom is -0.486 e. The number of carbonyl (C=O) groups is 1. The Kier molecular flexibility index (Phi) is 5.15. The van der Waals surface area contributed by atoms with Crippen molar-refractivity contribution >= 4 is 22.6 Å². The maximum atomic E-state index is 12.4. The molecule has 3 aromatic carbocycles. The number of imidazole rings is 1. The Morgan fingerprint density at radius 3 is 2.72 bits per heavy atom. The molecule has 162 valence electrons. The van der Waals surface area contributed by atoms with Crippen LogP contribution >= 0.6 is 0 Å². The highest BCUT2D eigenvalue weighted by Crippen LogP contribution is 2.35. The third kappa shape index (κ3) is 4.09. The van der Waals surface area contributed by atoms with Crippen LogP contribution < -0.4 is 19.5 Å². The number of amides is 1. The monoisotopic (exact) mass is 429 g/mol. The molecule has 4 aromatic rings. The molecule has 0 atom stereocenters. The van der Waals surface area contributed by atoms with Gasteiger partial charge in [-0.05, 0) is 43.2 Å². The van der Waals surface area contributed by atoms with Crippen LogP contribution in [0.2, 0.25) is 0 Å². The molecule has 2 N–H and O–H groups in total. The number of hydrogen-bond donors (Lipinski definition) is 2. The van der Waals surface area contributed by atoms with Gasteiger partial charge in [-0.1, -0.05) is 24.3 Å². The molecule has 0 radical (unpaired) electrons. The summed E-state index contributed by atoms with van der Waals surface area (Å²) in [6, 6.07) is 17.2. The SMILES string of the molecule is Cc1ccc(C)c(OCC(=O)Nc2cccc(-c3nc4cc5c(cc4[nH]3)OCCO5)c2)c1. The smallest absolute Gasteiger partial charge is 0.262 e. The van der Waals surface area contributed by atoms with E-state index in [1.807, 2.05) is 68.4 Å². The van der Waals surface area contributed by atoms with Gasteiger partial charge in [-0.15, -0.1) is 0 Å². The molecule has 0 fully saturated rings. The van der Waals surface area contributed by atoms with E-state index in [1.165, 1.54) is 0 Å². The molecule has 2 heterocycles. The minimum atomic E-state index is -0.227. The first-order valence-electron chi connectivity index (χ1n) is 10.4. The van der Waals surface area contributed by atoms with Gasteiger partial charge < -0.3 is 24.5 Å². The van der Waals surface area contributed by atoms with Gasteiger partial charge in [0.2, 0.25) is 0 Å². The van der Waals surface area contributed by atoms with Crippen LogP contribution in [0, 0.1) is 13.8 Å². The van der Waals surface area contributed by atoms with Crippen molar-refractivity contribution in [3.63, 3.8) is 0 Å². The molecule has 0 saturated carbocycles. The highest BCUT2D eigenvalue weighted by atomic mass is 16.6. The molecule has 1 amide bonds. The van der Waals surface area contributed by atoms with Crippen molar-refractivity contribution in [1.29, 1.82) is 0 Å². The molecular formula is C25H23N3O4. The van der Waals surface area contributed by atoms with Gasteiger partial charge in [0.1, 0.15) is 24.8 Å². The second-order valence-electron chi connectivity index (χ2n) is 7.79. The largest absolute Gasteiger partial charge is 0.486 e. The van der Waals surface area contributed by atoms with Crippen LogP contribution in [0.4, 0.5) is 5.69 Å². The Morgan fingerprint density at radius 1 is 1.06 bits per heavy atom. The average Bonchev–Trinajstić information content (AvgIpc) is 3.21. The molecule has 32 heavy (non-hydrogen) atoms. The summed E-state index contributed by atoms with van der Waals surface area (Å²) >= 11 is 0. The molecule has 0 unspecified atom stereocenters. The maximum absolute atomic E-state index is 12.4. The summed E-state index contributed by atoms with van der Waals surface area (Å²) in [7, 11) is 0. The Hall–Kier alpha value is -4.00. The van der Waals surface area contributed by atoms with Crippen molar-refractivity contribution in [2.45, 2.75) is 13.8 Å². The fourth-order valence-corrected chi connectivity index (χ4v) is 3.63. The first-order chi connectivity index (χ1) is 15.5. The number of benzene rings is 3. The number of hydrogen-bond acceptors (Lipinski definition) is 5. The number of anilines is 1. The summed E-state index contributed by atoms with van der Waals surface area (Å²) in [5.74, 6) is 2.60. The normalized spacial score (nSPS) is 12.6. The van der Waals surface area contributed by atoms with Gasteiger partial charge in [-0.3, -0.25) is 4.79 Å². The number of fused-ring (bicyclic) bond motifs is 2. The lowest BCUT2D eigenvalue weighted by Gasteiger charge is -2.17. The summed E-state index contributed by atoms with van der Waals surface area (Å²) < 4.78 is 17.0. The fourth-order valence-electron chi connectivity index (χ4n) is 3.63. The number of aromatic nitrogens is 2. The van der Waals surface area contributed by atoms with Gasteiger partial charge in [0.25, 0.3) is 5.91 Å². The molecule has 1 aliphatic heterocycles. The lowest BCUT2D eigenvalue weighted by molar-refractivity contribution is -0.118. The molecule has 7 heteroatoms. The van der Waals surface area contributed by atoms with E-state index in [4.69, 9.17) is 14.2 Å². The Labute approximate surface area is 185 Å². The van der Waals surface area contributed by atoms with Crippen molar-refractivity contribution in [2.75, 3.05) is 25.1 Å². The van der Waals surface area contributed by atoms with E-state index in [-0.39, 0.29) is 12.5 Å². The van der Waals surface area contributed by atoms with Crippen LogP contribution in [0.1, 0.15) is 11.1 Å². The van der Waals surface area contributed by atoms with Crippen molar-refractivity contribution in [3.8, 4) is 28.6 Å². The lowest BCUT2D eigenvalue weighted by atomic mass is 10.1. The van der Waals surface area contributed by atoms with Gasteiger partial charge in [0.15, 0.2) is 18.1 Å². The van der Waals surface area contributed by atoms with Gasteiger partial charge in [-0.25, -0.2) is 4.98 Å². The van der Waals surface area contributed by atoms with Gasteiger partial charge >= 0.3 is 0 Å². The summed E-state index contributed by atoms with van der Waals surface area (Å²) in [6.45, 7) is 4.95. The van der Waals surface area contributed by atoms with E-state index < -0.39 is 0 Å². The molecule has 1 aromatic heterocycles. The van der Waals surface area contributed by atoms with E-state index in [0.29, 0.717) is 42.0 Å². The summed E-state index contributed by atoms with van der Waals surface area (Å²) in [5.41, 5.74) is 5.26. The van der Waals surface area contributed by atoms with E-state index in [2.05, 4.69) is 15.3 Å². The minimum absolute atomic E-state index is 0.0648. The number of aromatic amines is 1. The fraction of sp³-hybridized carbons (Fsp3) is 0.200. The Bertz CT molecular complexity index is 1270. The van der Waals surface area contributed by atoms with Crippen LogP contribution in [0.15, 0.2) is 54.6 Å². The second-order valence-corrected chi connectivity index (χ2v) is 7.79. The van der Waals surface area contributed by atoms with E-state index in [9.17, 15) is 4.79 Å². The number of H-pyrrole nitrogens is 1. The van der Waals surface area contributed by atoms with Crippen molar-refractivity contribution in [2.24, 2.45) is 0 Å². The molecular weight excluding hydrogens is 406 g/mol. The zero-order valence-electron chi connectivity index (χ0n) is 17.9. The van der Waals surface area contributed by atoms with E-state index in [1.54, 1.807) is 0 Å². The third-order valence-electron chi connectivity index (χ3n) is 5.27. The topological polar surface area (TPSA) is 85.5 Å². The van der Waals surface area contributed by atoms with Gasteiger partial charge in [-0.2, -0.15) is 0 Å². The van der Waals surface area contributed by atoms with Crippen LogP contribution in [0.5, 0.6) is 17.2 Å². The number of ether oxygens (including phenoxy) is 3. The molecule has 0 spiro atoms. The lowest BCUT2D eigenvalue weighted by Crippen LogP contribution is -2.20. The zero-order valence-corrected chi connectivity index (χ0v) is 17.9. The van der Waals surface area contributed by atoms with Gasteiger partial charge in [0, 0.05) is 23.4 Å². The van der Waals surface area contributed by atoms with Crippen molar-refractivity contribution in [1.82, 2.24) is 9.97 Å². The standard InChI is InChI=1S/C25H23N3O4/c1-15-6-7-16(2)21(10-15)32-14-24(29)26-18-5-3-4-17(11-18)25-27-19-12-22-23(13-20(19)28-25)31-9-8-30-22/h3-7,10-13H,8-9,14H2,1-2H3,(H,26,29)(H,27,28). The Morgan fingerprint density at radius 2 is 1.88 bits per heavy atom. The number of nitrogens with zero attached hydrogens (tertiary/aromatic N) is 1. The first-order valence-corrected chi connectivity index (χ1v) is 10.4. The summed E-state index contributed by atoms with van der Waals surface area (Å²) in [6.07, 6.45) is 0. The predicted molar refractivity (Wildman–Crippen MR) is 123 cm³/mol. The molecule has 7 nitrogen and oxygen atoms in total. The predicted octanol–water partition coefficient (Wildman–Crippen LogP) is 4.64. The Balaban J connectivity index is 1.31. The molecule has 0 saturated heterocycles. The molecule has 0 aliphatic carbocycles. The first kappa shape index (κ1) is 19.9.